The van der Waals surface area contributed by atoms with Gasteiger partial charge in [-0.2, -0.15) is 0 Å². The van der Waals surface area contributed by atoms with Gasteiger partial charge in [0.05, 0.1) is 0 Å². The van der Waals surface area contributed by atoms with Crippen molar-refractivity contribution in [2.45, 2.75) is 25.7 Å². The Morgan fingerprint density at radius 1 is 0.591 bits per heavy atom. The third kappa shape index (κ3) is 3.38. The molecule has 0 amide bonds. The lowest BCUT2D eigenvalue weighted by Crippen LogP contribution is -2.15. The van der Waals surface area contributed by atoms with E-state index in [1.165, 1.54) is 0 Å². The molecule has 4 aliphatic carbocycles. The van der Waals surface area contributed by atoms with Crippen molar-refractivity contribution < 1.29 is 19.6 Å². The summed E-state index contributed by atoms with van der Waals surface area (Å²) in [5.41, 5.74) is 3.96. The predicted molar refractivity (Wildman–Crippen MR) is 89.7 cm³/mol. The summed E-state index contributed by atoms with van der Waals surface area (Å²) >= 11 is 0. The lowest BCUT2D eigenvalue weighted by Gasteiger charge is -2.17. The summed E-state index contributed by atoms with van der Waals surface area (Å²) in [6.07, 6.45) is 2.85. The van der Waals surface area contributed by atoms with Gasteiger partial charge in [0, 0.05) is 10.6 Å². The molecule has 4 aliphatic rings. The second-order valence-electron chi connectivity index (χ2n) is 5.51. The van der Waals surface area contributed by atoms with Crippen molar-refractivity contribution in [2.24, 2.45) is 0 Å². The summed E-state index contributed by atoms with van der Waals surface area (Å²) in [7, 11) is -4.20. The zero-order chi connectivity index (χ0) is 15.7. The van der Waals surface area contributed by atoms with Gasteiger partial charge in [0.15, 0.2) is 16.8 Å². The topological polar surface area (TPSA) is 80.9 Å². The average molecular weight is 336 g/mol. The summed E-state index contributed by atoms with van der Waals surface area (Å²) in [4.78, 5) is 38.5. The SMILES string of the molecule is OP(O)c1cc2ccc1CCc1ccc(c(P(O)O)c1)CC2. The Morgan fingerprint density at radius 3 is 1.36 bits per heavy atom. The maximum absolute atomic E-state index is 9.63. The van der Waals surface area contributed by atoms with Gasteiger partial charge >= 0.3 is 0 Å². The number of hydrogen-bond acceptors (Lipinski definition) is 4. The highest BCUT2D eigenvalue weighted by atomic mass is 31.2. The van der Waals surface area contributed by atoms with Crippen molar-refractivity contribution in [3.63, 3.8) is 0 Å². The highest BCUT2D eigenvalue weighted by Crippen LogP contribution is 2.29. The van der Waals surface area contributed by atoms with Gasteiger partial charge in [-0.25, -0.2) is 0 Å². The molecule has 116 valence electrons. The zero-order valence-electron chi connectivity index (χ0n) is 12.0. The van der Waals surface area contributed by atoms with E-state index < -0.39 is 16.8 Å². The highest BCUT2D eigenvalue weighted by Gasteiger charge is 2.16. The van der Waals surface area contributed by atoms with Crippen LogP contribution in [-0.4, -0.2) is 19.6 Å². The summed E-state index contributed by atoms with van der Waals surface area (Å²) in [6.45, 7) is 0. The first-order valence-electron chi connectivity index (χ1n) is 7.14. The van der Waals surface area contributed by atoms with Crippen molar-refractivity contribution in [1.29, 1.82) is 0 Å². The predicted octanol–water partition coefficient (Wildman–Crippen LogP) is 1.41. The fourth-order valence-electron chi connectivity index (χ4n) is 2.88. The quantitative estimate of drug-likeness (QED) is 0.625. The summed E-state index contributed by atoms with van der Waals surface area (Å²) in [5.74, 6) is 0. The van der Waals surface area contributed by atoms with E-state index in [9.17, 15) is 19.6 Å². The van der Waals surface area contributed by atoms with Gasteiger partial charge in [-0.05, 0) is 60.1 Å². The molecule has 0 atom stereocenters. The Balaban J connectivity index is 2.03. The van der Waals surface area contributed by atoms with E-state index >= 15 is 0 Å². The molecule has 2 aromatic rings. The molecule has 6 heteroatoms. The van der Waals surface area contributed by atoms with Crippen LogP contribution in [0.4, 0.5) is 0 Å². The van der Waals surface area contributed by atoms with Crippen molar-refractivity contribution in [3.05, 3.63) is 58.7 Å². The molecule has 6 rings (SSSR count). The van der Waals surface area contributed by atoms with Crippen LogP contribution in [0.1, 0.15) is 22.3 Å². The van der Waals surface area contributed by atoms with Crippen LogP contribution in [0.25, 0.3) is 0 Å². The van der Waals surface area contributed by atoms with Crippen LogP contribution < -0.4 is 10.6 Å². The number of hydrogen-bond donors (Lipinski definition) is 4. The van der Waals surface area contributed by atoms with E-state index in [0.29, 0.717) is 23.5 Å². The van der Waals surface area contributed by atoms with Crippen LogP contribution in [0, 0.1) is 0 Å². The highest BCUT2D eigenvalue weighted by molar-refractivity contribution is 7.54. The molecule has 0 aromatic heterocycles. The Labute approximate surface area is 131 Å². The Bertz CT molecular complexity index is 626. The monoisotopic (exact) mass is 336 g/mol. The van der Waals surface area contributed by atoms with E-state index in [2.05, 4.69) is 0 Å². The number of rotatable bonds is 2. The largest absolute Gasteiger partial charge is 0.347 e. The molecular formula is C16H18O4P2. The number of benzene rings is 2. The second kappa shape index (κ2) is 6.72. The first-order valence-corrected chi connectivity index (χ1v) is 9.63. The minimum Gasteiger partial charge on any atom is -0.347 e. The van der Waals surface area contributed by atoms with E-state index in [1.54, 1.807) is 0 Å². The maximum Gasteiger partial charge on any atom is 0.199 e. The van der Waals surface area contributed by atoms with Crippen molar-refractivity contribution in [2.75, 3.05) is 0 Å². The molecule has 22 heavy (non-hydrogen) atoms. The van der Waals surface area contributed by atoms with E-state index in [1.807, 2.05) is 36.4 Å². The molecule has 0 spiro atoms. The molecule has 0 radical (unpaired) electrons. The Morgan fingerprint density at radius 2 is 1.00 bits per heavy atom. The third-order valence-corrected chi connectivity index (χ3v) is 5.79. The van der Waals surface area contributed by atoms with Crippen molar-refractivity contribution in [3.8, 4) is 0 Å². The van der Waals surface area contributed by atoms with E-state index in [0.717, 1.165) is 35.1 Å². The molecule has 4 N–H and O–H groups in total. The average Bonchev–Trinajstić information content (AvgIpc) is 2.49. The molecule has 4 nitrogen and oxygen atoms in total. The molecule has 0 saturated heterocycles. The normalized spacial score (nSPS) is 14.5. The van der Waals surface area contributed by atoms with Crippen LogP contribution in [0.5, 0.6) is 0 Å². The summed E-state index contributed by atoms with van der Waals surface area (Å²) in [5, 5.41) is 1.27. The van der Waals surface area contributed by atoms with Crippen molar-refractivity contribution >= 4 is 27.4 Å². The molecule has 0 fully saturated rings. The first kappa shape index (κ1) is 16.0. The van der Waals surface area contributed by atoms with Gasteiger partial charge in [0.2, 0.25) is 0 Å². The van der Waals surface area contributed by atoms with Gasteiger partial charge in [-0.15, -0.1) is 0 Å². The fourth-order valence-corrected chi connectivity index (χ4v) is 4.33. The van der Waals surface area contributed by atoms with Crippen LogP contribution in [0.2, 0.25) is 0 Å². The van der Waals surface area contributed by atoms with Gasteiger partial charge in [-0.1, -0.05) is 24.3 Å². The molecule has 0 aliphatic heterocycles. The van der Waals surface area contributed by atoms with Crippen molar-refractivity contribution in [1.82, 2.24) is 0 Å². The molecule has 0 heterocycles. The summed E-state index contributed by atoms with van der Waals surface area (Å²) < 4.78 is 0. The van der Waals surface area contributed by atoms with Crippen LogP contribution in [0.3, 0.4) is 0 Å². The fraction of sp³-hybridized carbons (Fsp3) is 0.250. The lowest BCUT2D eigenvalue weighted by molar-refractivity contribution is 0.495. The van der Waals surface area contributed by atoms with Gasteiger partial charge < -0.3 is 19.6 Å². The van der Waals surface area contributed by atoms with Gasteiger partial charge in [-0.3, -0.25) is 0 Å². The minimum absolute atomic E-state index is 0.634. The van der Waals surface area contributed by atoms with Gasteiger partial charge in [0.25, 0.3) is 0 Å². The van der Waals surface area contributed by atoms with E-state index in [4.69, 9.17) is 0 Å². The maximum atomic E-state index is 9.63. The lowest BCUT2D eigenvalue weighted by atomic mass is 9.96. The van der Waals surface area contributed by atoms with Crippen LogP contribution >= 0.6 is 16.8 Å². The second-order valence-corrected chi connectivity index (χ2v) is 7.63. The number of aryl methyl sites for hydroxylation is 4. The Kier molecular flexibility index (Phi) is 4.89. The Hall–Kier alpha value is -0.860. The third-order valence-electron chi connectivity index (χ3n) is 4.10. The van der Waals surface area contributed by atoms with Crippen LogP contribution in [0.15, 0.2) is 36.4 Å². The smallest absolute Gasteiger partial charge is 0.199 e. The first-order chi connectivity index (χ1) is 10.5. The standard InChI is InChI=1S/C16H18O4P2/c17-21(18)15-9-11-1-5-13(15)8-4-12-2-6-14(7-3-11)16(10-12)22(19)20/h1-2,5-6,9-10,17-20H,3-4,7-8H2. The molecular weight excluding hydrogens is 318 g/mol. The van der Waals surface area contributed by atoms with Gasteiger partial charge in [0.1, 0.15) is 0 Å². The molecule has 0 unspecified atom stereocenters. The zero-order valence-corrected chi connectivity index (χ0v) is 13.8. The molecule has 2 aromatic carbocycles. The van der Waals surface area contributed by atoms with E-state index in [-0.39, 0.29) is 0 Å². The summed E-state index contributed by atoms with van der Waals surface area (Å²) in [6, 6.07) is 11.7. The van der Waals surface area contributed by atoms with Crippen LogP contribution in [-0.2, 0) is 25.7 Å². The molecule has 4 bridgehead atoms. The molecule has 0 saturated carbocycles. The minimum atomic E-state index is -2.10.